The maximum atomic E-state index is 12.2. The molecule has 0 spiro atoms. The van der Waals surface area contributed by atoms with E-state index in [1.165, 1.54) is 0 Å². The molecule has 0 bridgehead atoms. The first kappa shape index (κ1) is 18.5. The zero-order chi connectivity index (χ0) is 17.4. The Bertz CT molecular complexity index is 668. The van der Waals surface area contributed by atoms with E-state index in [9.17, 15) is 14.1 Å². The minimum Gasteiger partial charge on any atom is -0.392 e. The maximum absolute atomic E-state index is 12.2. The molecule has 0 aliphatic rings. The summed E-state index contributed by atoms with van der Waals surface area (Å²) in [4.78, 5) is 12.5. The van der Waals surface area contributed by atoms with Crippen molar-refractivity contribution in [1.82, 2.24) is 0 Å². The van der Waals surface area contributed by atoms with Crippen LogP contribution >= 0.6 is 0 Å². The fourth-order valence-corrected chi connectivity index (χ4v) is 3.30. The fourth-order valence-electron chi connectivity index (χ4n) is 2.20. The molecular weight excluding hydrogens is 324 g/mol. The number of hydrogen-bond donors (Lipinski definition) is 1. The van der Waals surface area contributed by atoms with Crippen LogP contribution in [0, 0.1) is 6.92 Å². The van der Waals surface area contributed by atoms with Gasteiger partial charge in [0.2, 0.25) is 0 Å². The number of carbonyl (C=O) groups excluding carboxylic acids is 1. The highest BCUT2D eigenvalue weighted by Gasteiger charge is 2.15. The van der Waals surface area contributed by atoms with Crippen LogP contribution in [0.15, 0.2) is 59.5 Å². The second-order valence-electron chi connectivity index (χ2n) is 5.70. The van der Waals surface area contributed by atoms with Gasteiger partial charge in [-0.05, 0) is 24.6 Å². The monoisotopic (exact) mass is 346 g/mol. The molecule has 2 aromatic rings. The molecule has 0 amide bonds. The van der Waals surface area contributed by atoms with Crippen molar-refractivity contribution in [3.63, 3.8) is 0 Å². The molecule has 1 N–H and O–H groups in total. The lowest BCUT2D eigenvalue weighted by molar-refractivity contribution is -0.125. The molecule has 0 aliphatic heterocycles. The van der Waals surface area contributed by atoms with Crippen LogP contribution in [0.3, 0.4) is 0 Å². The van der Waals surface area contributed by atoms with Gasteiger partial charge in [0.1, 0.15) is 6.61 Å². The summed E-state index contributed by atoms with van der Waals surface area (Å²) in [5, 5.41) is 9.95. The number of benzene rings is 2. The SMILES string of the molecule is Cc1ccc([S@](=O)C[C@@H](O)CC(=O)COCc2ccccc2)cc1. The number of ether oxygens (including phenoxy) is 1. The van der Waals surface area contributed by atoms with Gasteiger partial charge in [0.05, 0.1) is 29.3 Å². The lowest BCUT2D eigenvalue weighted by Gasteiger charge is -2.10. The molecule has 0 aliphatic carbocycles. The summed E-state index contributed by atoms with van der Waals surface area (Å²) in [7, 11) is -1.32. The summed E-state index contributed by atoms with van der Waals surface area (Å²) in [6.07, 6.45) is -0.980. The highest BCUT2D eigenvalue weighted by atomic mass is 32.2. The Morgan fingerprint density at radius 3 is 2.46 bits per heavy atom. The van der Waals surface area contributed by atoms with Gasteiger partial charge < -0.3 is 9.84 Å². The van der Waals surface area contributed by atoms with Gasteiger partial charge in [-0.15, -0.1) is 0 Å². The molecule has 24 heavy (non-hydrogen) atoms. The minimum absolute atomic E-state index is 0.0491. The molecular formula is C19H22O4S. The standard InChI is InChI=1S/C19H22O4S/c1-15-7-9-19(10-8-15)24(22)14-18(21)11-17(20)13-23-12-16-5-3-2-4-6-16/h2-10,18,21H,11-14H2,1H3/t18-,24+/m0/s1. The summed E-state index contributed by atoms with van der Waals surface area (Å²) in [6.45, 7) is 2.26. The Hall–Kier alpha value is -1.82. The number of carbonyl (C=O) groups is 1. The predicted molar refractivity (Wildman–Crippen MR) is 94.2 cm³/mol. The Balaban J connectivity index is 1.71. The van der Waals surface area contributed by atoms with Crippen molar-refractivity contribution in [3.05, 3.63) is 65.7 Å². The van der Waals surface area contributed by atoms with Crippen molar-refractivity contribution in [3.8, 4) is 0 Å². The lowest BCUT2D eigenvalue weighted by Crippen LogP contribution is -2.23. The average Bonchev–Trinajstić information content (AvgIpc) is 2.56. The van der Waals surface area contributed by atoms with E-state index < -0.39 is 16.9 Å². The van der Waals surface area contributed by atoms with Crippen molar-refractivity contribution in [2.75, 3.05) is 12.4 Å². The quantitative estimate of drug-likeness (QED) is 0.758. The number of aliphatic hydroxyl groups is 1. The third-order valence-electron chi connectivity index (χ3n) is 3.47. The molecule has 128 valence electrons. The van der Waals surface area contributed by atoms with Crippen molar-refractivity contribution in [2.24, 2.45) is 0 Å². The number of aliphatic hydroxyl groups excluding tert-OH is 1. The van der Waals surface area contributed by atoms with E-state index in [4.69, 9.17) is 4.74 Å². The summed E-state index contributed by atoms with van der Waals surface area (Å²) in [5.74, 6) is -0.146. The van der Waals surface area contributed by atoms with Crippen LogP contribution in [0.2, 0.25) is 0 Å². The summed E-state index contributed by atoms with van der Waals surface area (Å²) in [6, 6.07) is 16.9. The highest BCUT2D eigenvalue weighted by molar-refractivity contribution is 7.85. The normalized spacial score (nSPS) is 13.4. The summed E-state index contributed by atoms with van der Waals surface area (Å²) >= 11 is 0. The first-order valence-electron chi connectivity index (χ1n) is 7.81. The van der Waals surface area contributed by atoms with Crippen molar-refractivity contribution >= 4 is 16.6 Å². The van der Waals surface area contributed by atoms with E-state index in [0.29, 0.717) is 11.5 Å². The zero-order valence-electron chi connectivity index (χ0n) is 13.7. The van der Waals surface area contributed by atoms with Crippen LogP contribution in [0.25, 0.3) is 0 Å². The van der Waals surface area contributed by atoms with Crippen molar-refractivity contribution in [2.45, 2.75) is 31.0 Å². The Morgan fingerprint density at radius 2 is 1.79 bits per heavy atom. The number of ketones is 1. The van der Waals surface area contributed by atoms with E-state index in [2.05, 4.69) is 0 Å². The molecule has 5 heteroatoms. The van der Waals surface area contributed by atoms with Crippen molar-refractivity contribution < 1.29 is 18.8 Å². The molecule has 0 aromatic heterocycles. The fraction of sp³-hybridized carbons (Fsp3) is 0.316. The number of hydrogen-bond acceptors (Lipinski definition) is 4. The molecule has 0 heterocycles. The zero-order valence-corrected chi connectivity index (χ0v) is 14.5. The van der Waals surface area contributed by atoms with E-state index in [0.717, 1.165) is 11.1 Å². The Kier molecular flexibility index (Phi) is 7.31. The molecule has 0 unspecified atom stereocenters. The summed E-state index contributed by atoms with van der Waals surface area (Å²) < 4.78 is 17.5. The number of aryl methyl sites for hydroxylation is 1. The average molecular weight is 346 g/mol. The number of rotatable bonds is 9. The largest absolute Gasteiger partial charge is 0.392 e. The van der Waals surface area contributed by atoms with Crippen LogP contribution in [-0.4, -0.2) is 33.6 Å². The van der Waals surface area contributed by atoms with Gasteiger partial charge in [-0.25, -0.2) is 0 Å². The van der Waals surface area contributed by atoms with Gasteiger partial charge in [-0.1, -0.05) is 48.0 Å². The van der Waals surface area contributed by atoms with Crippen LogP contribution in [0.4, 0.5) is 0 Å². The molecule has 0 saturated heterocycles. The van der Waals surface area contributed by atoms with Gasteiger partial charge in [0.15, 0.2) is 5.78 Å². The first-order valence-corrected chi connectivity index (χ1v) is 9.13. The van der Waals surface area contributed by atoms with Crippen LogP contribution < -0.4 is 0 Å². The van der Waals surface area contributed by atoms with Gasteiger partial charge in [-0.2, -0.15) is 0 Å². The summed E-state index contributed by atoms with van der Waals surface area (Å²) in [5.41, 5.74) is 2.08. The third-order valence-corrected chi connectivity index (χ3v) is 4.95. The third kappa shape index (κ3) is 6.35. The molecule has 2 aromatic carbocycles. The van der Waals surface area contributed by atoms with E-state index in [-0.39, 0.29) is 24.6 Å². The first-order chi connectivity index (χ1) is 11.5. The Labute approximate surface area is 144 Å². The van der Waals surface area contributed by atoms with E-state index in [1.807, 2.05) is 49.4 Å². The molecule has 0 saturated carbocycles. The van der Waals surface area contributed by atoms with Crippen LogP contribution in [-0.2, 0) is 26.9 Å². The van der Waals surface area contributed by atoms with Gasteiger partial charge in [-0.3, -0.25) is 9.00 Å². The second kappa shape index (κ2) is 9.47. The molecule has 0 fully saturated rings. The Morgan fingerprint density at radius 1 is 1.12 bits per heavy atom. The van der Waals surface area contributed by atoms with Crippen LogP contribution in [0.5, 0.6) is 0 Å². The number of Topliss-reactive ketones (excluding diaryl/α,β-unsaturated/α-hetero) is 1. The molecule has 4 nitrogen and oxygen atoms in total. The highest BCUT2D eigenvalue weighted by Crippen LogP contribution is 2.10. The second-order valence-corrected chi connectivity index (χ2v) is 7.20. The van der Waals surface area contributed by atoms with E-state index in [1.54, 1.807) is 12.1 Å². The topological polar surface area (TPSA) is 63.6 Å². The van der Waals surface area contributed by atoms with Gasteiger partial charge in [0.25, 0.3) is 0 Å². The van der Waals surface area contributed by atoms with Crippen molar-refractivity contribution in [1.29, 1.82) is 0 Å². The maximum Gasteiger partial charge on any atom is 0.161 e. The van der Waals surface area contributed by atoms with Gasteiger partial charge in [0, 0.05) is 11.3 Å². The lowest BCUT2D eigenvalue weighted by atomic mass is 10.2. The molecule has 2 rings (SSSR count). The van der Waals surface area contributed by atoms with E-state index >= 15 is 0 Å². The molecule has 0 radical (unpaired) electrons. The molecule has 2 atom stereocenters. The minimum atomic E-state index is -1.32. The smallest absolute Gasteiger partial charge is 0.161 e. The van der Waals surface area contributed by atoms with Crippen LogP contribution in [0.1, 0.15) is 17.5 Å². The predicted octanol–water partition coefficient (Wildman–Crippen LogP) is 2.64. The van der Waals surface area contributed by atoms with Gasteiger partial charge >= 0.3 is 0 Å².